The minimum atomic E-state index is 0.328. The summed E-state index contributed by atoms with van der Waals surface area (Å²) in [5.74, 6) is 0.913. The third-order valence-corrected chi connectivity index (χ3v) is 2.04. The lowest BCUT2D eigenvalue weighted by molar-refractivity contribution is -0.119. The summed E-state index contributed by atoms with van der Waals surface area (Å²) in [6.07, 6.45) is 5.18. The fourth-order valence-electron chi connectivity index (χ4n) is 1.14. The first kappa shape index (κ1) is 10.4. The second-order valence-corrected chi connectivity index (χ2v) is 2.92. The predicted octanol–water partition coefficient (Wildman–Crippen LogP) is 2.96. The summed E-state index contributed by atoms with van der Waals surface area (Å²) in [4.78, 5) is 11.1. The average molecular weight is 154 g/mol. The molecule has 11 heavy (non-hydrogen) atoms. The standard InChI is InChI=1S/C10H18O/c1-4-7-10(11)8-9(5-2)6-3/h4,9H,1,5-8H2,2-3H3. The van der Waals surface area contributed by atoms with Gasteiger partial charge in [0, 0.05) is 12.8 Å². The molecule has 0 saturated heterocycles. The van der Waals surface area contributed by atoms with E-state index in [9.17, 15) is 4.79 Å². The van der Waals surface area contributed by atoms with Crippen LogP contribution in [-0.2, 0) is 4.79 Å². The Kier molecular flexibility index (Phi) is 5.81. The van der Waals surface area contributed by atoms with Gasteiger partial charge in [0.05, 0.1) is 0 Å². The van der Waals surface area contributed by atoms with E-state index in [-0.39, 0.29) is 0 Å². The molecule has 0 aliphatic carbocycles. The summed E-state index contributed by atoms with van der Waals surface area (Å²) < 4.78 is 0. The molecule has 64 valence electrons. The van der Waals surface area contributed by atoms with Crippen molar-refractivity contribution in [3.8, 4) is 0 Å². The maximum Gasteiger partial charge on any atom is 0.136 e. The van der Waals surface area contributed by atoms with E-state index in [1.807, 2.05) is 0 Å². The molecular weight excluding hydrogens is 136 g/mol. The van der Waals surface area contributed by atoms with E-state index >= 15 is 0 Å². The summed E-state index contributed by atoms with van der Waals surface area (Å²) in [5, 5.41) is 0. The molecule has 0 heterocycles. The number of allylic oxidation sites excluding steroid dienone is 1. The van der Waals surface area contributed by atoms with E-state index in [0.29, 0.717) is 18.1 Å². The topological polar surface area (TPSA) is 17.1 Å². The first-order chi connectivity index (χ1) is 5.24. The summed E-state index contributed by atoms with van der Waals surface area (Å²) >= 11 is 0. The molecule has 0 rings (SSSR count). The zero-order valence-electron chi connectivity index (χ0n) is 7.60. The molecule has 0 aromatic heterocycles. The van der Waals surface area contributed by atoms with Crippen molar-refractivity contribution in [2.24, 2.45) is 5.92 Å². The highest BCUT2D eigenvalue weighted by Gasteiger charge is 2.07. The van der Waals surface area contributed by atoms with Gasteiger partial charge in [-0.2, -0.15) is 0 Å². The van der Waals surface area contributed by atoms with Gasteiger partial charge in [-0.05, 0) is 5.92 Å². The van der Waals surface area contributed by atoms with Gasteiger partial charge in [0.15, 0.2) is 0 Å². The molecule has 0 saturated carbocycles. The van der Waals surface area contributed by atoms with E-state index < -0.39 is 0 Å². The summed E-state index contributed by atoms with van der Waals surface area (Å²) in [6, 6.07) is 0. The molecular formula is C10H18O. The maximum absolute atomic E-state index is 11.1. The lowest BCUT2D eigenvalue weighted by Crippen LogP contribution is -2.05. The van der Waals surface area contributed by atoms with Gasteiger partial charge in [-0.3, -0.25) is 4.79 Å². The summed E-state index contributed by atoms with van der Waals surface area (Å²) in [7, 11) is 0. The number of hydrogen-bond donors (Lipinski definition) is 0. The molecule has 0 aliphatic rings. The van der Waals surface area contributed by atoms with Crippen molar-refractivity contribution in [1.82, 2.24) is 0 Å². The lowest BCUT2D eigenvalue weighted by atomic mass is 9.96. The van der Waals surface area contributed by atoms with Gasteiger partial charge >= 0.3 is 0 Å². The molecule has 1 heteroatoms. The van der Waals surface area contributed by atoms with Crippen LogP contribution in [0.2, 0.25) is 0 Å². The van der Waals surface area contributed by atoms with Crippen molar-refractivity contribution >= 4 is 5.78 Å². The average Bonchev–Trinajstić information content (AvgIpc) is 2.01. The van der Waals surface area contributed by atoms with E-state index in [1.54, 1.807) is 6.08 Å². The Balaban J connectivity index is 3.62. The fourth-order valence-corrected chi connectivity index (χ4v) is 1.14. The van der Waals surface area contributed by atoms with Crippen LogP contribution in [0, 0.1) is 5.92 Å². The van der Waals surface area contributed by atoms with E-state index in [0.717, 1.165) is 19.3 Å². The van der Waals surface area contributed by atoms with Crippen LogP contribution in [0.25, 0.3) is 0 Å². The molecule has 0 radical (unpaired) electrons. The first-order valence-electron chi connectivity index (χ1n) is 4.37. The van der Waals surface area contributed by atoms with Gasteiger partial charge < -0.3 is 0 Å². The minimum Gasteiger partial charge on any atom is -0.299 e. The minimum absolute atomic E-state index is 0.328. The van der Waals surface area contributed by atoms with Crippen molar-refractivity contribution < 1.29 is 4.79 Å². The molecule has 0 unspecified atom stereocenters. The van der Waals surface area contributed by atoms with Gasteiger partial charge in [-0.25, -0.2) is 0 Å². The SMILES string of the molecule is C=CCC(=O)CC(CC)CC. The van der Waals surface area contributed by atoms with Crippen LogP contribution in [0.1, 0.15) is 39.5 Å². The van der Waals surface area contributed by atoms with Crippen LogP contribution in [0.4, 0.5) is 0 Å². The third-order valence-electron chi connectivity index (χ3n) is 2.04. The molecule has 0 atom stereocenters. The van der Waals surface area contributed by atoms with E-state index in [1.165, 1.54) is 0 Å². The summed E-state index contributed by atoms with van der Waals surface area (Å²) in [5.41, 5.74) is 0. The van der Waals surface area contributed by atoms with Crippen molar-refractivity contribution in [1.29, 1.82) is 0 Å². The Morgan fingerprint density at radius 1 is 1.45 bits per heavy atom. The van der Waals surface area contributed by atoms with Gasteiger partial charge in [-0.15, -0.1) is 6.58 Å². The van der Waals surface area contributed by atoms with Gasteiger partial charge in [0.25, 0.3) is 0 Å². The van der Waals surface area contributed by atoms with Crippen LogP contribution in [-0.4, -0.2) is 5.78 Å². The number of Topliss-reactive ketones (excluding diaryl/α,β-unsaturated/α-hetero) is 1. The third kappa shape index (κ3) is 4.77. The number of hydrogen-bond acceptors (Lipinski definition) is 1. The number of carbonyl (C=O) groups excluding carboxylic acids is 1. The van der Waals surface area contributed by atoms with E-state index in [2.05, 4.69) is 20.4 Å². The van der Waals surface area contributed by atoms with Crippen LogP contribution in [0.5, 0.6) is 0 Å². The predicted molar refractivity (Wildman–Crippen MR) is 48.5 cm³/mol. The smallest absolute Gasteiger partial charge is 0.136 e. The molecule has 0 bridgehead atoms. The van der Waals surface area contributed by atoms with Crippen molar-refractivity contribution in [2.75, 3.05) is 0 Å². The van der Waals surface area contributed by atoms with Crippen molar-refractivity contribution in [2.45, 2.75) is 39.5 Å². The van der Waals surface area contributed by atoms with Crippen molar-refractivity contribution in [3.63, 3.8) is 0 Å². The number of carbonyl (C=O) groups is 1. The quantitative estimate of drug-likeness (QED) is 0.537. The van der Waals surface area contributed by atoms with Crippen LogP contribution in [0.3, 0.4) is 0 Å². The fraction of sp³-hybridized carbons (Fsp3) is 0.700. The Bertz CT molecular complexity index is 123. The van der Waals surface area contributed by atoms with Crippen LogP contribution >= 0.6 is 0 Å². The second-order valence-electron chi connectivity index (χ2n) is 2.92. The Morgan fingerprint density at radius 3 is 2.36 bits per heavy atom. The molecule has 0 N–H and O–H groups in total. The molecule has 0 amide bonds. The molecule has 0 fully saturated rings. The molecule has 0 aliphatic heterocycles. The Morgan fingerprint density at radius 2 is 2.00 bits per heavy atom. The van der Waals surface area contributed by atoms with Gasteiger partial charge in [0.1, 0.15) is 5.78 Å². The second kappa shape index (κ2) is 6.14. The zero-order valence-corrected chi connectivity index (χ0v) is 7.60. The Hall–Kier alpha value is -0.590. The highest BCUT2D eigenvalue weighted by atomic mass is 16.1. The number of ketones is 1. The van der Waals surface area contributed by atoms with Crippen molar-refractivity contribution in [3.05, 3.63) is 12.7 Å². The monoisotopic (exact) mass is 154 g/mol. The zero-order chi connectivity index (χ0) is 8.69. The van der Waals surface area contributed by atoms with Gasteiger partial charge in [0.2, 0.25) is 0 Å². The van der Waals surface area contributed by atoms with Gasteiger partial charge in [-0.1, -0.05) is 32.8 Å². The summed E-state index contributed by atoms with van der Waals surface area (Å²) in [6.45, 7) is 7.81. The molecule has 1 nitrogen and oxygen atoms in total. The highest BCUT2D eigenvalue weighted by molar-refractivity contribution is 5.79. The normalized spacial score (nSPS) is 10.1. The van der Waals surface area contributed by atoms with Crippen LogP contribution in [0.15, 0.2) is 12.7 Å². The molecule has 0 aromatic carbocycles. The van der Waals surface area contributed by atoms with Crippen LogP contribution < -0.4 is 0 Å². The Labute approximate surface area is 69.5 Å². The van der Waals surface area contributed by atoms with E-state index in [4.69, 9.17) is 0 Å². The number of rotatable bonds is 6. The largest absolute Gasteiger partial charge is 0.299 e. The highest BCUT2D eigenvalue weighted by Crippen LogP contribution is 2.13. The molecule has 0 spiro atoms. The maximum atomic E-state index is 11.1. The lowest BCUT2D eigenvalue weighted by Gasteiger charge is -2.09. The molecule has 0 aromatic rings. The first-order valence-corrected chi connectivity index (χ1v) is 4.37.